The maximum absolute atomic E-state index is 12.3. The lowest BCUT2D eigenvalue weighted by molar-refractivity contribution is -0.119. The Hall–Kier alpha value is -1.86. The third-order valence-electron chi connectivity index (χ3n) is 4.57. The van der Waals surface area contributed by atoms with Gasteiger partial charge in [0.05, 0.1) is 18.9 Å². The molecule has 7 heteroatoms. The van der Waals surface area contributed by atoms with Gasteiger partial charge in [-0.1, -0.05) is 61.4 Å². The zero-order chi connectivity index (χ0) is 18.2. The van der Waals surface area contributed by atoms with Crippen molar-refractivity contribution < 1.29 is 9.53 Å². The molecule has 1 heterocycles. The normalized spacial score (nSPS) is 15.1. The quantitative estimate of drug-likeness (QED) is 0.719. The van der Waals surface area contributed by atoms with Crippen molar-refractivity contribution in [3.63, 3.8) is 0 Å². The second kappa shape index (κ2) is 9.73. The fourth-order valence-electron chi connectivity index (χ4n) is 3.23. The number of aromatic nitrogens is 3. The summed E-state index contributed by atoms with van der Waals surface area (Å²) in [4.78, 5) is 12.3. The lowest BCUT2D eigenvalue weighted by atomic mass is 9.95. The smallest absolute Gasteiger partial charge is 0.230 e. The maximum Gasteiger partial charge on any atom is 0.230 e. The predicted octanol–water partition coefficient (Wildman–Crippen LogP) is 3.13. The van der Waals surface area contributed by atoms with Crippen molar-refractivity contribution in [2.75, 3.05) is 19.5 Å². The van der Waals surface area contributed by atoms with E-state index in [-0.39, 0.29) is 5.91 Å². The topological polar surface area (TPSA) is 69.0 Å². The van der Waals surface area contributed by atoms with E-state index in [9.17, 15) is 4.79 Å². The summed E-state index contributed by atoms with van der Waals surface area (Å²) in [6, 6.07) is 10.3. The molecule has 1 fully saturated rings. The Bertz CT molecular complexity index is 699. The molecule has 0 radical (unpaired) electrons. The standard InChI is InChI=1S/C19H26N4O2S/c1-25-13-12-23-18(15-8-4-2-5-9-15)21-22-19(23)26-14-17(24)20-16-10-6-3-7-11-16/h2,4-5,8-9,16H,3,6-7,10-14H2,1H3,(H,20,24). The van der Waals surface area contributed by atoms with Gasteiger partial charge in [0.15, 0.2) is 11.0 Å². The van der Waals surface area contributed by atoms with E-state index in [1.165, 1.54) is 31.0 Å². The number of thioether (sulfide) groups is 1. The highest BCUT2D eigenvalue weighted by Gasteiger charge is 2.18. The van der Waals surface area contributed by atoms with Crippen LogP contribution in [0.5, 0.6) is 0 Å². The van der Waals surface area contributed by atoms with Gasteiger partial charge in [0, 0.05) is 18.7 Å². The molecule has 140 valence electrons. The monoisotopic (exact) mass is 374 g/mol. The number of amides is 1. The number of hydrogen-bond donors (Lipinski definition) is 1. The molecule has 1 aromatic carbocycles. The van der Waals surface area contributed by atoms with Crippen LogP contribution in [0.3, 0.4) is 0 Å². The van der Waals surface area contributed by atoms with Crippen LogP contribution < -0.4 is 5.32 Å². The fourth-order valence-corrected chi connectivity index (χ4v) is 4.00. The van der Waals surface area contributed by atoms with E-state index in [1.807, 2.05) is 34.9 Å². The molecule has 1 aromatic heterocycles. The first-order valence-electron chi connectivity index (χ1n) is 9.17. The maximum atomic E-state index is 12.3. The van der Waals surface area contributed by atoms with Crippen molar-refractivity contribution in [3.05, 3.63) is 30.3 Å². The number of nitrogens with zero attached hydrogens (tertiary/aromatic N) is 3. The SMILES string of the molecule is COCCn1c(SCC(=O)NC2CCCCC2)nnc1-c1ccccc1. The summed E-state index contributed by atoms with van der Waals surface area (Å²) in [6.07, 6.45) is 5.90. The molecule has 0 bridgehead atoms. The first kappa shape index (κ1) is 18.9. The summed E-state index contributed by atoms with van der Waals surface area (Å²) in [7, 11) is 1.68. The Labute approximate surface area is 158 Å². The Balaban J connectivity index is 1.64. The van der Waals surface area contributed by atoms with Crippen LogP contribution in [0.15, 0.2) is 35.5 Å². The predicted molar refractivity (Wildman–Crippen MR) is 103 cm³/mol. The minimum atomic E-state index is 0.0736. The van der Waals surface area contributed by atoms with Gasteiger partial charge < -0.3 is 10.1 Å². The van der Waals surface area contributed by atoms with Crippen LogP contribution in [0.25, 0.3) is 11.4 Å². The number of nitrogens with one attached hydrogen (secondary N) is 1. The van der Waals surface area contributed by atoms with Crippen LogP contribution in [0.1, 0.15) is 32.1 Å². The third-order valence-corrected chi connectivity index (χ3v) is 5.54. The van der Waals surface area contributed by atoms with Gasteiger partial charge >= 0.3 is 0 Å². The first-order chi connectivity index (χ1) is 12.8. The molecule has 0 spiro atoms. The van der Waals surface area contributed by atoms with E-state index in [2.05, 4.69) is 15.5 Å². The summed E-state index contributed by atoms with van der Waals surface area (Å²) < 4.78 is 7.25. The van der Waals surface area contributed by atoms with Crippen molar-refractivity contribution in [2.24, 2.45) is 0 Å². The average molecular weight is 375 g/mol. The number of hydrogen-bond acceptors (Lipinski definition) is 5. The Morgan fingerprint density at radius 3 is 2.73 bits per heavy atom. The number of methoxy groups -OCH3 is 1. The van der Waals surface area contributed by atoms with Crippen LogP contribution in [-0.2, 0) is 16.1 Å². The molecule has 3 rings (SSSR count). The van der Waals surface area contributed by atoms with E-state index in [0.29, 0.717) is 24.9 Å². The molecule has 1 amide bonds. The van der Waals surface area contributed by atoms with Crippen LogP contribution in [-0.4, -0.2) is 46.2 Å². The van der Waals surface area contributed by atoms with Crippen LogP contribution in [0, 0.1) is 0 Å². The molecule has 0 saturated heterocycles. The first-order valence-corrected chi connectivity index (χ1v) is 10.2. The molecule has 1 N–H and O–H groups in total. The van der Waals surface area contributed by atoms with Crippen LogP contribution in [0.4, 0.5) is 0 Å². The van der Waals surface area contributed by atoms with E-state index in [0.717, 1.165) is 29.4 Å². The lowest BCUT2D eigenvalue weighted by Gasteiger charge is -2.22. The second-order valence-electron chi connectivity index (χ2n) is 6.51. The van der Waals surface area contributed by atoms with Crippen molar-refractivity contribution in [1.29, 1.82) is 0 Å². The van der Waals surface area contributed by atoms with Crippen molar-refractivity contribution >= 4 is 17.7 Å². The molecule has 6 nitrogen and oxygen atoms in total. The average Bonchev–Trinajstić information content (AvgIpc) is 3.09. The second-order valence-corrected chi connectivity index (χ2v) is 7.45. The van der Waals surface area contributed by atoms with E-state index in [1.54, 1.807) is 7.11 Å². The Morgan fingerprint density at radius 2 is 2.00 bits per heavy atom. The van der Waals surface area contributed by atoms with Gasteiger partial charge in [0.2, 0.25) is 5.91 Å². The third kappa shape index (κ3) is 5.08. The van der Waals surface area contributed by atoms with Gasteiger partial charge in [-0.2, -0.15) is 0 Å². The molecule has 0 atom stereocenters. The molecule has 2 aromatic rings. The summed E-state index contributed by atoms with van der Waals surface area (Å²) in [5.74, 6) is 1.23. The van der Waals surface area contributed by atoms with Crippen LogP contribution >= 0.6 is 11.8 Å². The van der Waals surface area contributed by atoms with Gasteiger partial charge in [-0.05, 0) is 12.8 Å². The minimum absolute atomic E-state index is 0.0736. The minimum Gasteiger partial charge on any atom is -0.383 e. The molecule has 26 heavy (non-hydrogen) atoms. The Kier molecular flexibility index (Phi) is 7.08. The van der Waals surface area contributed by atoms with E-state index < -0.39 is 0 Å². The van der Waals surface area contributed by atoms with E-state index in [4.69, 9.17) is 4.74 Å². The molecular weight excluding hydrogens is 348 g/mol. The van der Waals surface area contributed by atoms with E-state index >= 15 is 0 Å². The summed E-state index contributed by atoms with van der Waals surface area (Å²) in [5, 5.41) is 12.5. The van der Waals surface area contributed by atoms with Crippen LogP contribution in [0.2, 0.25) is 0 Å². The number of ether oxygens (including phenoxy) is 1. The Morgan fingerprint density at radius 1 is 1.23 bits per heavy atom. The van der Waals surface area contributed by atoms with Crippen molar-refractivity contribution in [3.8, 4) is 11.4 Å². The zero-order valence-corrected chi connectivity index (χ0v) is 16.0. The highest BCUT2D eigenvalue weighted by Crippen LogP contribution is 2.24. The summed E-state index contributed by atoms with van der Waals surface area (Å²) in [5.41, 5.74) is 1.01. The highest BCUT2D eigenvalue weighted by molar-refractivity contribution is 7.99. The van der Waals surface area contributed by atoms with Gasteiger partial charge in [-0.15, -0.1) is 10.2 Å². The van der Waals surface area contributed by atoms with Gasteiger partial charge in [-0.3, -0.25) is 9.36 Å². The van der Waals surface area contributed by atoms with Crippen molar-refractivity contribution in [1.82, 2.24) is 20.1 Å². The fraction of sp³-hybridized carbons (Fsp3) is 0.526. The molecule has 0 aliphatic heterocycles. The lowest BCUT2D eigenvalue weighted by Crippen LogP contribution is -2.37. The molecule has 1 saturated carbocycles. The van der Waals surface area contributed by atoms with Gasteiger partial charge in [-0.25, -0.2) is 0 Å². The molecule has 1 aliphatic rings. The number of carbonyl (C=O) groups excluding carboxylic acids is 1. The number of carbonyl (C=O) groups is 1. The largest absolute Gasteiger partial charge is 0.383 e. The number of benzene rings is 1. The zero-order valence-electron chi connectivity index (χ0n) is 15.2. The summed E-state index contributed by atoms with van der Waals surface area (Å²) >= 11 is 1.43. The highest BCUT2D eigenvalue weighted by atomic mass is 32.2. The molecular formula is C19H26N4O2S. The summed E-state index contributed by atoms with van der Waals surface area (Å²) in [6.45, 7) is 1.22. The van der Waals surface area contributed by atoms with Gasteiger partial charge in [0.25, 0.3) is 0 Å². The van der Waals surface area contributed by atoms with Crippen molar-refractivity contribution in [2.45, 2.75) is 49.8 Å². The number of rotatable bonds is 8. The molecule has 1 aliphatic carbocycles. The molecule has 0 unspecified atom stereocenters. The van der Waals surface area contributed by atoms with Gasteiger partial charge in [0.1, 0.15) is 0 Å².